The van der Waals surface area contributed by atoms with Gasteiger partial charge in [0, 0.05) is 40.2 Å². The Morgan fingerprint density at radius 1 is 1.06 bits per heavy atom. The lowest BCUT2D eigenvalue weighted by Crippen LogP contribution is -2.23. The zero-order chi connectivity index (χ0) is 23.5. The van der Waals surface area contributed by atoms with Gasteiger partial charge in [-0.05, 0) is 47.5 Å². The van der Waals surface area contributed by atoms with E-state index in [4.69, 9.17) is 9.47 Å². The van der Waals surface area contributed by atoms with E-state index in [1.165, 1.54) is 0 Å². The fraction of sp³-hybridized carbons (Fsp3) is 0.111. The van der Waals surface area contributed by atoms with Crippen molar-refractivity contribution in [2.45, 2.75) is 13.1 Å². The monoisotopic (exact) mass is 513 g/mol. The Balaban J connectivity index is 1.38. The van der Waals surface area contributed by atoms with Crippen molar-refractivity contribution < 1.29 is 14.3 Å². The quantitative estimate of drug-likeness (QED) is 0.276. The van der Waals surface area contributed by atoms with E-state index in [2.05, 4.69) is 37.9 Å². The van der Waals surface area contributed by atoms with Crippen LogP contribution >= 0.6 is 15.9 Å². The zero-order valence-corrected chi connectivity index (χ0v) is 19.7. The smallest absolute Gasteiger partial charge is 0.262 e. The number of para-hydroxylation sites is 1. The number of hydrogen-bond acceptors (Lipinski definition) is 4. The lowest BCUT2D eigenvalue weighted by atomic mass is 10.1. The van der Waals surface area contributed by atoms with Crippen molar-refractivity contribution in [3.8, 4) is 17.6 Å². The van der Waals surface area contributed by atoms with Crippen molar-refractivity contribution in [1.82, 2.24) is 9.88 Å². The van der Waals surface area contributed by atoms with Gasteiger partial charge in [-0.3, -0.25) is 4.79 Å². The highest BCUT2D eigenvalue weighted by atomic mass is 79.9. The average molecular weight is 514 g/mol. The Labute approximate surface area is 205 Å². The molecule has 3 aromatic carbocycles. The number of halogens is 1. The molecule has 168 valence electrons. The Kier molecular flexibility index (Phi) is 6.07. The zero-order valence-electron chi connectivity index (χ0n) is 18.1. The molecule has 6 nitrogen and oxygen atoms in total. The minimum atomic E-state index is -0.426. The van der Waals surface area contributed by atoms with Gasteiger partial charge in [0.2, 0.25) is 6.79 Å². The average Bonchev–Trinajstić information content (AvgIpc) is 3.47. The van der Waals surface area contributed by atoms with Gasteiger partial charge in [0.15, 0.2) is 11.5 Å². The summed E-state index contributed by atoms with van der Waals surface area (Å²) in [5, 5.41) is 13.5. The number of nitrogens with one attached hydrogen (secondary N) is 1. The molecule has 1 aliphatic rings. The Hall–Kier alpha value is -4.02. The minimum absolute atomic E-state index is 0.0484. The maximum atomic E-state index is 12.8. The van der Waals surface area contributed by atoms with Crippen molar-refractivity contribution in [3.63, 3.8) is 0 Å². The van der Waals surface area contributed by atoms with Gasteiger partial charge in [-0.25, -0.2) is 0 Å². The molecule has 34 heavy (non-hydrogen) atoms. The molecule has 5 rings (SSSR count). The van der Waals surface area contributed by atoms with Gasteiger partial charge in [0.25, 0.3) is 5.91 Å². The molecule has 4 aromatic rings. The molecular formula is C27H20BrN3O3. The highest BCUT2D eigenvalue weighted by Crippen LogP contribution is 2.32. The number of rotatable bonds is 6. The first-order valence-electron chi connectivity index (χ1n) is 10.7. The van der Waals surface area contributed by atoms with E-state index in [1.807, 2.05) is 66.9 Å². The SMILES string of the molecule is N#C/C(=C/c1cn(Cc2ccc(Br)cc2)c2ccccc12)C(=O)NCc1ccc2c(c1)OCO2. The number of carbonyl (C=O) groups is 1. The summed E-state index contributed by atoms with van der Waals surface area (Å²) < 4.78 is 13.9. The van der Waals surface area contributed by atoms with E-state index < -0.39 is 5.91 Å². The standard InChI is InChI=1S/C27H20BrN3O3/c28-22-8-5-18(6-9-22)15-31-16-21(23-3-1-2-4-24(23)31)12-20(13-29)27(32)30-14-19-7-10-25-26(11-19)34-17-33-25/h1-12,16H,14-15,17H2,(H,30,32)/b20-12-. The highest BCUT2D eigenvalue weighted by molar-refractivity contribution is 9.10. The second-order valence-corrected chi connectivity index (χ2v) is 8.81. The predicted octanol–water partition coefficient (Wildman–Crippen LogP) is 5.40. The van der Waals surface area contributed by atoms with E-state index >= 15 is 0 Å². The summed E-state index contributed by atoms with van der Waals surface area (Å²) in [6.45, 7) is 1.15. The second-order valence-electron chi connectivity index (χ2n) is 7.90. The maximum absolute atomic E-state index is 12.8. The molecule has 1 N–H and O–H groups in total. The first kappa shape index (κ1) is 21.8. The largest absolute Gasteiger partial charge is 0.454 e. The van der Waals surface area contributed by atoms with E-state index in [1.54, 1.807) is 6.08 Å². The number of nitrogens with zero attached hydrogens (tertiary/aromatic N) is 2. The van der Waals surface area contributed by atoms with Crippen molar-refractivity contribution in [2.24, 2.45) is 0 Å². The van der Waals surface area contributed by atoms with E-state index in [0.29, 0.717) is 18.0 Å². The third-order valence-corrected chi connectivity index (χ3v) is 6.17. The fourth-order valence-electron chi connectivity index (χ4n) is 3.94. The number of nitriles is 1. The first-order valence-corrected chi connectivity index (χ1v) is 11.5. The Bertz CT molecular complexity index is 1450. The van der Waals surface area contributed by atoms with Crippen LogP contribution in [-0.4, -0.2) is 17.3 Å². The number of hydrogen-bond donors (Lipinski definition) is 1. The van der Waals surface area contributed by atoms with E-state index in [0.717, 1.165) is 32.1 Å². The second kappa shape index (κ2) is 9.46. The summed E-state index contributed by atoms with van der Waals surface area (Å²) in [5.74, 6) is 0.915. The van der Waals surface area contributed by atoms with Gasteiger partial charge in [-0.2, -0.15) is 5.26 Å². The Morgan fingerprint density at radius 3 is 2.65 bits per heavy atom. The molecule has 0 saturated carbocycles. The number of benzene rings is 3. The third-order valence-electron chi connectivity index (χ3n) is 5.64. The third kappa shape index (κ3) is 4.54. The molecule has 0 saturated heterocycles. The molecule has 1 amide bonds. The molecule has 0 radical (unpaired) electrons. The summed E-state index contributed by atoms with van der Waals surface area (Å²) in [6, 6.07) is 23.7. The van der Waals surface area contributed by atoms with Crippen molar-refractivity contribution in [3.05, 3.63) is 99.7 Å². The summed E-state index contributed by atoms with van der Waals surface area (Å²) in [5.41, 5.74) is 3.92. The topological polar surface area (TPSA) is 76.3 Å². The maximum Gasteiger partial charge on any atom is 0.262 e. The van der Waals surface area contributed by atoms with Crippen molar-refractivity contribution >= 4 is 38.8 Å². The van der Waals surface area contributed by atoms with Gasteiger partial charge in [0.1, 0.15) is 11.6 Å². The van der Waals surface area contributed by atoms with Crippen LogP contribution < -0.4 is 14.8 Å². The van der Waals surface area contributed by atoms with Crippen molar-refractivity contribution in [1.29, 1.82) is 5.26 Å². The van der Waals surface area contributed by atoms with Crippen LogP contribution in [0.2, 0.25) is 0 Å². The van der Waals surface area contributed by atoms with Gasteiger partial charge in [-0.1, -0.05) is 52.3 Å². The van der Waals surface area contributed by atoms with Crippen molar-refractivity contribution in [2.75, 3.05) is 6.79 Å². The summed E-state index contributed by atoms with van der Waals surface area (Å²) in [7, 11) is 0. The molecule has 0 atom stereocenters. The highest BCUT2D eigenvalue weighted by Gasteiger charge is 2.15. The molecule has 1 aliphatic heterocycles. The van der Waals surface area contributed by atoms with Crippen LogP contribution in [0.5, 0.6) is 11.5 Å². The molecule has 2 heterocycles. The number of amides is 1. The van der Waals surface area contributed by atoms with Crippen LogP contribution in [0.15, 0.2) is 83.0 Å². The summed E-state index contributed by atoms with van der Waals surface area (Å²) in [6.07, 6.45) is 3.63. The lowest BCUT2D eigenvalue weighted by molar-refractivity contribution is -0.117. The van der Waals surface area contributed by atoms with Crippen LogP contribution in [0.4, 0.5) is 0 Å². The van der Waals surface area contributed by atoms with Crippen LogP contribution in [0.3, 0.4) is 0 Å². The van der Waals surface area contributed by atoms with Crippen LogP contribution in [0.25, 0.3) is 17.0 Å². The molecular weight excluding hydrogens is 494 g/mol. The molecule has 0 spiro atoms. The molecule has 0 unspecified atom stereocenters. The number of carbonyl (C=O) groups excluding carboxylic acids is 1. The van der Waals surface area contributed by atoms with Gasteiger partial charge >= 0.3 is 0 Å². The van der Waals surface area contributed by atoms with Gasteiger partial charge < -0.3 is 19.4 Å². The Morgan fingerprint density at radius 2 is 1.82 bits per heavy atom. The number of fused-ring (bicyclic) bond motifs is 2. The molecule has 0 bridgehead atoms. The molecule has 0 fully saturated rings. The van der Waals surface area contributed by atoms with Crippen LogP contribution in [0, 0.1) is 11.3 Å². The molecule has 7 heteroatoms. The van der Waals surface area contributed by atoms with Gasteiger partial charge in [0.05, 0.1) is 0 Å². The van der Waals surface area contributed by atoms with Crippen LogP contribution in [-0.2, 0) is 17.9 Å². The summed E-state index contributed by atoms with van der Waals surface area (Å²) in [4.78, 5) is 12.8. The van der Waals surface area contributed by atoms with Crippen LogP contribution in [0.1, 0.15) is 16.7 Å². The fourth-order valence-corrected chi connectivity index (χ4v) is 4.20. The lowest BCUT2D eigenvalue weighted by Gasteiger charge is -2.06. The van der Waals surface area contributed by atoms with Gasteiger partial charge in [-0.15, -0.1) is 0 Å². The number of aromatic nitrogens is 1. The van der Waals surface area contributed by atoms with E-state index in [9.17, 15) is 10.1 Å². The molecule has 0 aliphatic carbocycles. The predicted molar refractivity (Wildman–Crippen MR) is 133 cm³/mol. The molecule has 1 aromatic heterocycles. The number of ether oxygens (including phenoxy) is 2. The minimum Gasteiger partial charge on any atom is -0.454 e. The first-order chi connectivity index (χ1) is 16.6. The normalized spacial score (nSPS) is 12.5. The summed E-state index contributed by atoms with van der Waals surface area (Å²) >= 11 is 3.47. The van der Waals surface area contributed by atoms with E-state index in [-0.39, 0.29) is 18.9 Å².